The third kappa shape index (κ3) is 6.17. The van der Waals surface area contributed by atoms with Gasteiger partial charge in [0.05, 0.1) is 11.3 Å². The number of ether oxygens (including phenoxy) is 1. The molecule has 0 radical (unpaired) electrons. The number of nitrogens with zero attached hydrogens (tertiary/aromatic N) is 2. The van der Waals surface area contributed by atoms with Crippen LogP contribution in [-0.2, 0) is 16.2 Å². The average molecular weight is 557 g/mol. The number of anilines is 1. The summed E-state index contributed by atoms with van der Waals surface area (Å²) in [6.07, 6.45) is -4.51. The van der Waals surface area contributed by atoms with Gasteiger partial charge in [-0.05, 0) is 68.3 Å². The molecular formula is C27H23F3N4O4S. The van der Waals surface area contributed by atoms with Gasteiger partial charge in [-0.1, -0.05) is 35.9 Å². The number of sulfonamides is 1. The van der Waals surface area contributed by atoms with E-state index >= 15 is 0 Å². The van der Waals surface area contributed by atoms with Crippen molar-refractivity contribution in [2.75, 3.05) is 5.73 Å². The summed E-state index contributed by atoms with van der Waals surface area (Å²) in [7, 11) is -4.40. The number of halogens is 3. The van der Waals surface area contributed by atoms with Crippen LogP contribution in [0.4, 0.5) is 19.0 Å². The summed E-state index contributed by atoms with van der Waals surface area (Å²) >= 11 is 0. The largest absolute Gasteiger partial charge is 0.438 e. The van der Waals surface area contributed by atoms with Crippen molar-refractivity contribution < 1.29 is 31.1 Å². The standard InChI is InChI=1S/C27H23F3N4O4S/c1-15-13-16(2)24(17(3)14-15)38-26-20(25(35)34-39(36,37)23-6-4-5-22(31)33-23)11-12-21(32-26)18-7-9-19(10-8-18)27(28,29)30/h4-14H,1-3H3,(H2,31,33)(H,34,35). The van der Waals surface area contributed by atoms with Crippen molar-refractivity contribution in [3.63, 3.8) is 0 Å². The molecule has 39 heavy (non-hydrogen) atoms. The van der Waals surface area contributed by atoms with Crippen LogP contribution in [0, 0.1) is 20.8 Å². The number of amides is 1. The number of hydrogen-bond donors (Lipinski definition) is 2. The first-order valence-electron chi connectivity index (χ1n) is 11.5. The molecule has 4 aromatic rings. The second-order valence-corrected chi connectivity index (χ2v) is 10.4. The number of pyridine rings is 2. The van der Waals surface area contributed by atoms with Crippen LogP contribution < -0.4 is 15.2 Å². The molecule has 0 unspecified atom stereocenters. The number of nitrogens with one attached hydrogen (secondary N) is 1. The van der Waals surface area contributed by atoms with Gasteiger partial charge >= 0.3 is 6.18 Å². The monoisotopic (exact) mass is 556 g/mol. The second kappa shape index (κ2) is 10.4. The smallest absolute Gasteiger partial charge is 0.416 e. The molecule has 2 aromatic carbocycles. The van der Waals surface area contributed by atoms with E-state index in [9.17, 15) is 26.4 Å². The van der Waals surface area contributed by atoms with Crippen molar-refractivity contribution in [2.24, 2.45) is 0 Å². The van der Waals surface area contributed by atoms with E-state index in [2.05, 4.69) is 9.97 Å². The Hall–Kier alpha value is -4.45. The Kier molecular flexibility index (Phi) is 7.33. The maximum absolute atomic E-state index is 13.2. The molecule has 0 aliphatic heterocycles. The van der Waals surface area contributed by atoms with Crippen LogP contribution >= 0.6 is 0 Å². The Morgan fingerprint density at radius 2 is 1.56 bits per heavy atom. The predicted octanol–water partition coefficient (Wildman–Crippen LogP) is 5.58. The van der Waals surface area contributed by atoms with Gasteiger partial charge in [-0.25, -0.2) is 14.7 Å². The molecule has 4 rings (SSSR count). The normalized spacial score (nSPS) is 11.7. The van der Waals surface area contributed by atoms with Gasteiger partial charge in [0.2, 0.25) is 5.88 Å². The summed E-state index contributed by atoms with van der Waals surface area (Å²) in [6, 6.07) is 14.6. The quantitative estimate of drug-likeness (QED) is 0.318. The number of benzene rings is 2. The highest BCUT2D eigenvalue weighted by Gasteiger charge is 2.30. The number of rotatable bonds is 6. The van der Waals surface area contributed by atoms with Gasteiger partial charge in [0.1, 0.15) is 17.1 Å². The minimum absolute atomic E-state index is 0.0535. The Labute approximate surface area is 222 Å². The number of nitrogen functional groups attached to an aromatic ring is 1. The zero-order valence-electron chi connectivity index (χ0n) is 21.0. The van der Waals surface area contributed by atoms with Gasteiger partial charge in [0.15, 0.2) is 5.03 Å². The number of aryl methyl sites for hydroxylation is 3. The highest BCUT2D eigenvalue weighted by molar-refractivity contribution is 7.90. The molecule has 0 aliphatic carbocycles. The third-order valence-corrected chi connectivity index (χ3v) is 6.90. The summed E-state index contributed by atoms with van der Waals surface area (Å²) in [6.45, 7) is 5.50. The molecule has 12 heteroatoms. The fourth-order valence-electron chi connectivity index (χ4n) is 3.92. The van der Waals surface area contributed by atoms with Crippen molar-refractivity contribution in [3.05, 3.63) is 94.5 Å². The molecule has 0 spiro atoms. The molecule has 2 heterocycles. The first-order chi connectivity index (χ1) is 18.2. The van der Waals surface area contributed by atoms with Crippen LogP contribution in [0.5, 0.6) is 11.6 Å². The number of aromatic nitrogens is 2. The van der Waals surface area contributed by atoms with E-state index < -0.39 is 32.7 Å². The van der Waals surface area contributed by atoms with Crippen LogP contribution in [0.1, 0.15) is 32.6 Å². The third-order valence-electron chi connectivity index (χ3n) is 5.66. The van der Waals surface area contributed by atoms with Crippen LogP contribution in [0.2, 0.25) is 0 Å². The molecule has 0 atom stereocenters. The lowest BCUT2D eigenvalue weighted by atomic mass is 10.1. The maximum atomic E-state index is 13.2. The second-order valence-electron chi connectivity index (χ2n) is 8.79. The number of carbonyl (C=O) groups is 1. The molecular weight excluding hydrogens is 533 g/mol. The topological polar surface area (TPSA) is 124 Å². The summed E-state index contributed by atoms with van der Waals surface area (Å²) in [5, 5.41) is -0.460. The van der Waals surface area contributed by atoms with Crippen LogP contribution in [0.15, 0.2) is 71.8 Å². The average Bonchev–Trinajstić information content (AvgIpc) is 2.85. The van der Waals surface area contributed by atoms with E-state index in [-0.39, 0.29) is 23.0 Å². The molecule has 3 N–H and O–H groups in total. The highest BCUT2D eigenvalue weighted by atomic mass is 32.2. The van der Waals surface area contributed by atoms with Gasteiger partial charge < -0.3 is 10.5 Å². The lowest BCUT2D eigenvalue weighted by molar-refractivity contribution is -0.137. The van der Waals surface area contributed by atoms with Crippen molar-refractivity contribution in [2.45, 2.75) is 32.0 Å². The van der Waals surface area contributed by atoms with E-state index in [0.717, 1.165) is 28.8 Å². The van der Waals surface area contributed by atoms with Gasteiger partial charge in [0.25, 0.3) is 15.9 Å². The number of nitrogens with two attached hydrogens (primary N) is 1. The molecule has 1 amide bonds. The lowest BCUT2D eigenvalue weighted by Gasteiger charge is -2.16. The van der Waals surface area contributed by atoms with E-state index in [0.29, 0.717) is 11.3 Å². The van der Waals surface area contributed by atoms with Crippen molar-refractivity contribution in [1.29, 1.82) is 0 Å². The first kappa shape index (κ1) is 27.6. The zero-order chi connectivity index (χ0) is 28.5. The summed E-state index contributed by atoms with van der Waals surface area (Å²) in [5.74, 6) is -0.951. The van der Waals surface area contributed by atoms with Crippen LogP contribution in [-0.4, -0.2) is 24.3 Å². The Balaban J connectivity index is 1.77. The Bertz CT molecular complexity index is 1650. The van der Waals surface area contributed by atoms with Crippen molar-refractivity contribution in [3.8, 4) is 22.9 Å². The minimum Gasteiger partial charge on any atom is -0.438 e. The molecule has 0 bridgehead atoms. The van der Waals surface area contributed by atoms with E-state index in [1.54, 1.807) is 13.8 Å². The first-order valence-corrected chi connectivity index (χ1v) is 13.0. The van der Waals surface area contributed by atoms with Gasteiger partial charge in [-0.15, -0.1) is 0 Å². The summed E-state index contributed by atoms with van der Waals surface area (Å²) < 4.78 is 72.6. The minimum atomic E-state index is -4.51. The van der Waals surface area contributed by atoms with Crippen LogP contribution in [0.25, 0.3) is 11.3 Å². The zero-order valence-corrected chi connectivity index (χ0v) is 21.8. The Morgan fingerprint density at radius 1 is 0.923 bits per heavy atom. The summed E-state index contributed by atoms with van der Waals surface area (Å²) in [5.41, 5.74) is 7.49. The SMILES string of the molecule is Cc1cc(C)c(Oc2nc(-c3ccc(C(F)(F)F)cc3)ccc2C(=O)NS(=O)(=O)c2cccc(N)n2)c(C)c1. The Morgan fingerprint density at radius 3 is 2.15 bits per heavy atom. The molecule has 0 fully saturated rings. The van der Waals surface area contributed by atoms with Gasteiger partial charge in [0, 0.05) is 5.56 Å². The number of hydrogen-bond acceptors (Lipinski definition) is 7. The molecule has 0 saturated heterocycles. The van der Waals surface area contributed by atoms with E-state index in [4.69, 9.17) is 10.5 Å². The van der Waals surface area contributed by atoms with Crippen LogP contribution in [0.3, 0.4) is 0 Å². The molecule has 0 aliphatic rings. The number of carbonyl (C=O) groups excluding carboxylic acids is 1. The maximum Gasteiger partial charge on any atom is 0.416 e. The molecule has 202 valence electrons. The van der Waals surface area contributed by atoms with Gasteiger partial charge in [-0.2, -0.15) is 21.6 Å². The summed E-state index contributed by atoms with van der Waals surface area (Å²) in [4.78, 5) is 21.3. The fraction of sp³-hybridized carbons (Fsp3) is 0.148. The van der Waals surface area contributed by atoms with Crippen molar-refractivity contribution in [1.82, 2.24) is 14.7 Å². The van der Waals surface area contributed by atoms with Gasteiger partial charge in [-0.3, -0.25) is 4.79 Å². The molecule has 8 nitrogen and oxygen atoms in total. The highest BCUT2D eigenvalue weighted by Crippen LogP contribution is 2.34. The molecule has 2 aromatic heterocycles. The number of alkyl halides is 3. The fourth-order valence-corrected chi connectivity index (χ4v) is 4.86. The van der Waals surface area contributed by atoms with E-state index in [1.807, 2.05) is 23.8 Å². The predicted molar refractivity (Wildman–Crippen MR) is 139 cm³/mol. The van der Waals surface area contributed by atoms with E-state index in [1.165, 1.54) is 42.5 Å². The lowest BCUT2D eigenvalue weighted by Crippen LogP contribution is -2.31. The molecule has 0 saturated carbocycles. The van der Waals surface area contributed by atoms with Crippen molar-refractivity contribution >= 4 is 21.7 Å².